The van der Waals surface area contributed by atoms with Crippen molar-refractivity contribution in [3.05, 3.63) is 23.9 Å². The quantitative estimate of drug-likeness (QED) is 0.816. The van der Waals surface area contributed by atoms with E-state index in [4.69, 9.17) is 0 Å². The van der Waals surface area contributed by atoms with E-state index in [-0.39, 0.29) is 23.5 Å². The fourth-order valence-electron chi connectivity index (χ4n) is 3.73. The Morgan fingerprint density at radius 1 is 1.32 bits per heavy atom. The van der Waals surface area contributed by atoms with Gasteiger partial charge >= 0.3 is 0 Å². The van der Waals surface area contributed by atoms with Crippen LogP contribution in [0.1, 0.15) is 43.5 Å². The molecule has 1 unspecified atom stereocenters. The van der Waals surface area contributed by atoms with E-state index in [1.165, 1.54) is 0 Å². The summed E-state index contributed by atoms with van der Waals surface area (Å²) in [6.45, 7) is 6.49. The first kappa shape index (κ1) is 18.2. The number of rotatable bonds is 4. The summed E-state index contributed by atoms with van der Waals surface area (Å²) in [7, 11) is -2.95. The predicted molar refractivity (Wildman–Crippen MR) is 98.6 cm³/mol. The molecule has 0 saturated carbocycles. The van der Waals surface area contributed by atoms with E-state index in [1.807, 2.05) is 22.8 Å². The highest BCUT2D eigenvalue weighted by Crippen LogP contribution is 2.24. The second-order valence-corrected chi connectivity index (χ2v) is 9.45. The molecule has 1 atom stereocenters. The molecule has 138 valence electrons. The molecule has 0 radical (unpaired) electrons. The minimum Gasteiger partial charge on any atom is -0.353 e. The highest BCUT2D eigenvalue weighted by atomic mass is 32.2. The van der Waals surface area contributed by atoms with E-state index < -0.39 is 9.84 Å². The molecule has 0 spiro atoms. The summed E-state index contributed by atoms with van der Waals surface area (Å²) >= 11 is 0. The van der Waals surface area contributed by atoms with Gasteiger partial charge in [0.25, 0.3) is 5.91 Å². The fraction of sp³-hybridized carbons (Fsp3) is 0.667. The van der Waals surface area contributed by atoms with Crippen LogP contribution in [0.25, 0.3) is 0 Å². The molecule has 25 heavy (non-hydrogen) atoms. The van der Waals surface area contributed by atoms with Gasteiger partial charge in [0, 0.05) is 37.4 Å². The van der Waals surface area contributed by atoms with Crippen LogP contribution in [-0.2, 0) is 9.84 Å². The van der Waals surface area contributed by atoms with Gasteiger partial charge in [-0.1, -0.05) is 6.92 Å². The zero-order chi connectivity index (χ0) is 18.0. The second kappa shape index (κ2) is 7.32. The van der Waals surface area contributed by atoms with Crippen LogP contribution in [0.3, 0.4) is 0 Å². The summed E-state index contributed by atoms with van der Waals surface area (Å²) in [5.41, 5.74) is 0.638. The van der Waals surface area contributed by atoms with E-state index in [9.17, 15) is 13.2 Å². The van der Waals surface area contributed by atoms with Gasteiger partial charge in [-0.15, -0.1) is 0 Å². The van der Waals surface area contributed by atoms with Crippen molar-refractivity contribution < 1.29 is 13.2 Å². The smallest absolute Gasteiger partial charge is 0.254 e. The van der Waals surface area contributed by atoms with Gasteiger partial charge < -0.3 is 9.80 Å². The van der Waals surface area contributed by atoms with Gasteiger partial charge in [0.1, 0.15) is 5.82 Å². The van der Waals surface area contributed by atoms with E-state index in [1.54, 1.807) is 12.3 Å². The Morgan fingerprint density at radius 3 is 2.64 bits per heavy atom. The average Bonchev–Trinajstić information content (AvgIpc) is 2.95. The lowest BCUT2D eigenvalue weighted by Crippen LogP contribution is -2.39. The SMILES string of the molecule is CCN(c1cc(C(=O)N2CCC(C)CC2)ccn1)C1CCS(=O)(=O)C1. The summed E-state index contributed by atoms with van der Waals surface area (Å²) in [6, 6.07) is 3.52. The lowest BCUT2D eigenvalue weighted by atomic mass is 9.99. The van der Waals surface area contributed by atoms with Gasteiger partial charge in [-0.3, -0.25) is 4.79 Å². The zero-order valence-electron chi connectivity index (χ0n) is 15.0. The predicted octanol–water partition coefficient (Wildman–Crippen LogP) is 1.97. The molecule has 3 rings (SSSR count). The standard InChI is InChI=1S/C18H27N3O3S/c1-3-21(16-7-11-25(23,24)13-16)17-12-15(4-8-19-17)18(22)20-9-5-14(2)6-10-20/h4,8,12,14,16H,3,5-7,9-11,13H2,1-2H3. The first-order valence-electron chi connectivity index (χ1n) is 9.12. The Labute approximate surface area is 150 Å². The van der Waals surface area contributed by atoms with Crippen LogP contribution >= 0.6 is 0 Å². The first-order valence-corrected chi connectivity index (χ1v) is 10.9. The number of carbonyl (C=O) groups is 1. The molecule has 1 aromatic rings. The normalized spacial score (nSPS) is 23.6. The Morgan fingerprint density at radius 2 is 2.04 bits per heavy atom. The average molecular weight is 365 g/mol. The highest BCUT2D eigenvalue weighted by Gasteiger charge is 2.32. The molecule has 1 amide bonds. The van der Waals surface area contributed by atoms with Gasteiger partial charge in [-0.2, -0.15) is 0 Å². The number of pyridine rings is 1. The minimum absolute atomic E-state index is 0.0469. The zero-order valence-corrected chi connectivity index (χ0v) is 15.8. The lowest BCUT2D eigenvalue weighted by Gasteiger charge is -2.31. The molecule has 0 aromatic carbocycles. The van der Waals surface area contributed by atoms with Crippen molar-refractivity contribution >= 4 is 21.6 Å². The van der Waals surface area contributed by atoms with Crippen LogP contribution in [0.4, 0.5) is 5.82 Å². The van der Waals surface area contributed by atoms with Crippen molar-refractivity contribution in [1.29, 1.82) is 0 Å². The molecule has 3 heterocycles. The van der Waals surface area contributed by atoms with Gasteiger partial charge in [0.2, 0.25) is 0 Å². The maximum atomic E-state index is 12.8. The Balaban J connectivity index is 1.77. The fourth-order valence-corrected chi connectivity index (χ4v) is 5.46. The largest absolute Gasteiger partial charge is 0.353 e. The molecule has 0 N–H and O–H groups in total. The van der Waals surface area contributed by atoms with Crippen molar-refractivity contribution in [1.82, 2.24) is 9.88 Å². The van der Waals surface area contributed by atoms with Crippen LogP contribution < -0.4 is 4.90 Å². The van der Waals surface area contributed by atoms with E-state index in [0.29, 0.717) is 30.3 Å². The number of sulfone groups is 1. The minimum atomic E-state index is -2.95. The summed E-state index contributed by atoms with van der Waals surface area (Å²) in [6.07, 6.45) is 4.37. The number of carbonyl (C=O) groups excluding carboxylic acids is 1. The van der Waals surface area contributed by atoms with Crippen LogP contribution in [0.5, 0.6) is 0 Å². The van der Waals surface area contributed by atoms with Crippen LogP contribution in [0.2, 0.25) is 0 Å². The van der Waals surface area contributed by atoms with Gasteiger partial charge in [-0.05, 0) is 44.2 Å². The molecule has 6 nitrogen and oxygen atoms in total. The number of hydrogen-bond donors (Lipinski definition) is 0. The Hall–Kier alpha value is -1.63. The number of hydrogen-bond acceptors (Lipinski definition) is 5. The number of aromatic nitrogens is 1. The monoisotopic (exact) mass is 365 g/mol. The summed E-state index contributed by atoms with van der Waals surface area (Å²) in [4.78, 5) is 21.1. The maximum Gasteiger partial charge on any atom is 0.254 e. The van der Waals surface area contributed by atoms with Gasteiger partial charge in [0.05, 0.1) is 11.5 Å². The van der Waals surface area contributed by atoms with Crippen molar-refractivity contribution in [2.75, 3.05) is 36.0 Å². The van der Waals surface area contributed by atoms with Crippen molar-refractivity contribution in [2.24, 2.45) is 5.92 Å². The molecular formula is C18H27N3O3S. The van der Waals surface area contributed by atoms with Gasteiger partial charge in [0.15, 0.2) is 9.84 Å². The molecule has 0 aliphatic carbocycles. The highest BCUT2D eigenvalue weighted by molar-refractivity contribution is 7.91. The molecule has 2 aliphatic heterocycles. The molecule has 1 aromatic heterocycles. The third-order valence-electron chi connectivity index (χ3n) is 5.35. The number of anilines is 1. The first-order chi connectivity index (χ1) is 11.9. The number of likely N-dealkylation sites (tertiary alicyclic amines) is 1. The number of nitrogens with zero attached hydrogens (tertiary/aromatic N) is 3. The van der Waals surface area contributed by atoms with Gasteiger partial charge in [-0.25, -0.2) is 13.4 Å². The summed E-state index contributed by atoms with van der Waals surface area (Å²) in [5, 5.41) is 0. The van der Waals surface area contributed by atoms with E-state index >= 15 is 0 Å². The third kappa shape index (κ3) is 4.14. The van der Waals surface area contributed by atoms with Crippen molar-refractivity contribution in [3.8, 4) is 0 Å². The Bertz CT molecular complexity index is 727. The lowest BCUT2D eigenvalue weighted by molar-refractivity contribution is 0.0697. The second-order valence-electron chi connectivity index (χ2n) is 7.22. The third-order valence-corrected chi connectivity index (χ3v) is 7.10. The molecule has 2 fully saturated rings. The van der Waals surface area contributed by atoms with Crippen molar-refractivity contribution in [2.45, 2.75) is 39.2 Å². The van der Waals surface area contributed by atoms with Crippen LogP contribution in [-0.4, -0.2) is 61.4 Å². The summed E-state index contributed by atoms with van der Waals surface area (Å²) in [5.74, 6) is 1.83. The molecule has 0 bridgehead atoms. The number of piperidine rings is 1. The topological polar surface area (TPSA) is 70.6 Å². The van der Waals surface area contributed by atoms with E-state index in [2.05, 4.69) is 11.9 Å². The van der Waals surface area contributed by atoms with Crippen LogP contribution in [0.15, 0.2) is 18.3 Å². The Kier molecular flexibility index (Phi) is 5.32. The maximum absolute atomic E-state index is 12.8. The summed E-state index contributed by atoms with van der Waals surface area (Å²) < 4.78 is 23.6. The molecule has 2 saturated heterocycles. The number of amides is 1. The molecular weight excluding hydrogens is 338 g/mol. The molecule has 2 aliphatic rings. The molecule has 7 heteroatoms. The van der Waals surface area contributed by atoms with Crippen molar-refractivity contribution in [3.63, 3.8) is 0 Å². The van der Waals surface area contributed by atoms with Crippen LogP contribution in [0, 0.1) is 5.92 Å². The van der Waals surface area contributed by atoms with E-state index in [0.717, 1.165) is 25.9 Å².